The number of nitrogens with one attached hydrogen (secondary N) is 1. The van der Waals surface area contributed by atoms with Crippen molar-refractivity contribution in [2.24, 2.45) is 0 Å². The van der Waals surface area contributed by atoms with Crippen molar-refractivity contribution in [2.75, 3.05) is 11.1 Å². The first-order chi connectivity index (χ1) is 13.9. The van der Waals surface area contributed by atoms with Crippen molar-refractivity contribution < 1.29 is 4.79 Å². The molecule has 0 fully saturated rings. The number of aromatic nitrogens is 2. The van der Waals surface area contributed by atoms with Crippen molar-refractivity contribution >= 4 is 28.3 Å². The molecule has 5 heteroatoms. The minimum atomic E-state index is -0.136. The summed E-state index contributed by atoms with van der Waals surface area (Å²) in [5.41, 5.74) is 13.5. The first-order valence-corrected chi connectivity index (χ1v) is 9.43. The van der Waals surface area contributed by atoms with E-state index in [2.05, 4.69) is 15.3 Å². The largest absolute Gasteiger partial charge is 0.383 e. The number of nitrogens with zero attached hydrogens (tertiary/aromatic N) is 2. The Morgan fingerprint density at radius 1 is 0.931 bits per heavy atom. The van der Waals surface area contributed by atoms with E-state index in [1.165, 1.54) is 6.33 Å². The van der Waals surface area contributed by atoms with Gasteiger partial charge < -0.3 is 11.1 Å². The minimum Gasteiger partial charge on any atom is -0.383 e. The van der Waals surface area contributed by atoms with Gasteiger partial charge in [-0.15, -0.1) is 0 Å². The van der Waals surface area contributed by atoms with Crippen molar-refractivity contribution in [3.63, 3.8) is 0 Å². The molecule has 3 N–H and O–H groups in total. The molecule has 29 heavy (non-hydrogen) atoms. The third kappa shape index (κ3) is 3.55. The summed E-state index contributed by atoms with van der Waals surface area (Å²) in [7, 11) is 0. The van der Waals surface area contributed by atoms with Gasteiger partial charge in [0.1, 0.15) is 12.1 Å². The molecular formula is C24H22N4O. The molecule has 0 saturated heterocycles. The van der Waals surface area contributed by atoms with Gasteiger partial charge in [0, 0.05) is 16.6 Å². The predicted octanol–water partition coefficient (Wildman–Crippen LogP) is 5.06. The molecule has 144 valence electrons. The summed E-state index contributed by atoms with van der Waals surface area (Å²) in [6, 6.07) is 17.5. The van der Waals surface area contributed by atoms with Crippen molar-refractivity contribution in [3.8, 4) is 11.1 Å². The average Bonchev–Trinajstić information content (AvgIpc) is 2.72. The molecule has 0 atom stereocenters. The standard InChI is InChI=1S/C24H22N4O/c1-14-5-4-6-21(16(14)3)28-24(29)18-8-7-15(2)19(12-18)17-9-10-22-20(11-17)23(25)27-13-26-22/h4-13H,1-3H3,(H,28,29)(H2,25,26,27). The number of aryl methyl sites for hydroxylation is 2. The highest BCUT2D eigenvalue weighted by atomic mass is 16.1. The van der Waals surface area contributed by atoms with Crippen LogP contribution in [0.5, 0.6) is 0 Å². The van der Waals surface area contributed by atoms with Crippen LogP contribution in [-0.2, 0) is 0 Å². The molecule has 1 aromatic heterocycles. The summed E-state index contributed by atoms with van der Waals surface area (Å²) < 4.78 is 0. The zero-order chi connectivity index (χ0) is 20.5. The number of carbonyl (C=O) groups excluding carboxylic acids is 1. The lowest BCUT2D eigenvalue weighted by Gasteiger charge is -2.13. The number of anilines is 2. The smallest absolute Gasteiger partial charge is 0.255 e. The Morgan fingerprint density at radius 2 is 1.76 bits per heavy atom. The Labute approximate surface area is 169 Å². The van der Waals surface area contributed by atoms with Gasteiger partial charge in [-0.3, -0.25) is 4.79 Å². The van der Waals surface area contributed by atoms with Crippen LogP contribution in [0.4, 0.5) is 11.5 Å². The maximum atomic E-state index is 12.9. The van der Waals surface area contributed by atoms with Crippen LogP contribution in [-0.4, -0.2) is 15.9 Å². The highest BCUT2D eigenvalue weighted by Crippen LogP contribution is 2.29. The Kier molecular flexibility index (Phi) is 4.72. The fraction of sp³-hybridized carbons (Fsp3) is 0.125. The van der Waals surface area contributed by atoms with Gasteiger partial charge >= 0.3 is 0 Å². The molecule has 1 heterocycles. The quantitative estimate of drug-likeness (QED) is 0.519. The molecule has 0 aliphatic carbocycles. The monoisotopic (exact) mass is 382 g/mol. The molecule has 0 spiro atoms. The van der Waals surface area contributed by atoms with Crippen molar-refractivity contribution in [1.29, 1.82) is 0 Å². The third-order valence-corrected chi connectivity index (χ3v) is 5.33. The first kappa shape index (κ1) is 18.6. The lowest BCUT2D eigenvalue weighted by atomic mass is 9.96. The SMILES string of the molecule is Cc1ccc(C(=O)Nc2cccc(C)c2C)cc1-c1ccc2ncnc(N)c2c1. The summed E-state index contributed by atoms with van der Waals surface area (Å²) in [6.45, 7) is 6.06. The Morgan fingerprint density at radius 3 is 2.59 bits per heavy atom. The number of nitrogens with two attached hydrogens (primary N) is 1. The Balaban J connectivity index is 1.72. The van der Waals surface area contributed by atoms with Crippen molar-refractivity contribution in [1.82, 2.24) is 9.97 Å². The van der Waals surface area contributed by atoms with Gasteiger partial charge in [0.15, 0.2) is 0 Å². The van der Waals surface area contributed by atoms with Gasteiger partial charge in [-0.05, 0) is 78.9 Å². The van der Waals surface area contributed by atoms with Gasteiger partial charge in [0.2, 0.25) is 0 Å². The van der Waals surface area contributed by atoms with Crippen molar-refractivity contribution in [3.05, 3.63) is 83.2 Å². The number of hydrogen-bond donors (Lipinski definition) is 2. The first-order valence-electron chi connectivity index (χ1n) is 9.43. The molecule has 3 aromatic carbocycles. The zero-order valence-electron chi connectivity index (χ0n) is 16.7. The molecule has 0 aliphatic rings. The molecule has 0 radical (unpaired) electrons. The summed E-state index contributed by atoms with van der Waals surface area (Å²) in [5.74, 6) is 0.307. The van der Waals surface area contributed by atoms with Gasteiger partial charge in [0.05, 0.1) is 5.52 Å². The number of fused-ring (bicyclic) bond motifs is 1. The molecular weight excluding hydrogens is 360 g/mol. The van der Waals surface area contributed by atoms with Gasteiger partial charge in [0.25, 0.3) is 5.91 Å². The van der Waals surface area contributed by atoms with Crippen LogP contribution in [0.2, 0.25) is 0 Å². The van der Waals surface area contributed by atoms with Crippen LogP contribution >= 0.6 is 0 Å². The van der Waals surface area contributed by atoms with E-state index in [0.717, 1.165) is 44.4 Å². The molecule has 5 nitrogen and oxygen atoms in total. The van der Waals surface area contributed by atoms with Crippen LogP contribution in [0.3, 0.4) is 0 Å². The molecule has 0 unspecified atom stereocenters. The number of amides is 1. The van der Waals surface area contributed by atoms with E-state index in [9.17, 15) is 4.79 Å². The van der Waals surface area contributed by atoms with Gasteiger partial charge in [-0.2, -0.15) is 0 Å². The lowest BCUT2D eigenvalue weighted by molar-refractivity contribution is 0.102. The second kappa shape index (κ2) is 7.36. The van der Waals surface area contributed by atoms with Crippen LogP contribution in [0.15, 0.2) is 60.9 Å². The molecule has 0 saturated carbocycles. The summed E-state index contributed by atoms with van der Waals surface area (Å²) in [5, 5.41) is 3.83. The normalized spacial score (nSPS) is 10.9. The van der Waals surface area contributed by atoms with E-state index in [1.807, 2.05) is 75.4 Å². The number of nitrogen functional groups attached to an aromatic ring is 1. The van der Waals surface area contributed by atoms with Crippen molar-refractivity contribution in [2.45, 2.75) is 20.8 Å². The van der Waals surface area contributed by atoms with E-state index < -0.39 is 0 Å². The Hall–Kier alpha value is -3.73. The minimum absolute atomic E-state index is 0.136. The highest BCUT2D eigenvalue weighted by Gasteiger charge is 2.12. The summed E-state index contributed by atoms with van der Waals surface area (Å²) >= 11 is 0. The zero-order valence-corrected chi connectivity index (χ0v) is 16.7. The van der Waals surface area contributed by atoms with E-state index >= 15 is 0 Å². The van der Waals surface area contributed by atoms with E-state index in [0.29, 0.717) is 11.4 Å². The van der Waals surface area contributed by atoms with Crippen LogP contribution in [0, 0.1) is 20.8 Å². The average molecular weight is 382 g/mol. The maximum Gasteiger partial charge on any atom is 0.255 e. The molecule has 1 amide bonds. The topological polar surface area (TPSA) is 80.9 Å². The maximum absolute atomic E-state index is 12.9. The predicted molar refractivity (Wildman–Crippen MR) is 118 cm³/mol. The van der Waals surface area contributed by atoms with Crippen LogP contribution in [0.25, 0.3) is 22.0 Å². The van der Waals surface area contributed by atoms with Gasteiger partial charge in [-0.1, -0.05) is 24.3 Å². The van der Waals surface area contributed by atoms with Gasteiger partial charge in [-0.25, -0.2) is 9.97 Å². The van der Waals surface area contributed by atoms with E-state index in [-0.39, 0.29) is 5.91 Å². The number of benzene rings is 3. The number of rotatable bonds is 3. The molecule has 4 aromatic rings. The van der Waals surface area contributed by atoms with E-state index in [1.54, 1.807) is 0 Å². The number of carbonyl (C=O) groups is 1. The van der Waals surface area contributed by atoms with Crippen LogP contribution < -0.4 is 11.1 Å². The molecule has 4 rings (SSSR count). The fourth-order valence-corrected chi connectivity index (χ4v) is 3.40. The summed E-state index contributed by atoms with van der Waals surface area (Å²) in [6.07, 6.45) is 1.46. The molecule has 0 aliphatic heterocycles. The highest BCUT2D eigenvalue weighted by molar-refractivity contribution is 6.05. The third-order valence-electron chi connectivity index (χ3n) is 5.33. The second-order valence-corrected chi connectivity index (χ2v) is 7.22. The molecule has 0 bridgehead atoms. The summed E-state index contributed by atoms with van der Waals surface area (Å²) in [4.78, 5) is 21.2. The van der Waals surface area contributed by atoms with E-state index in [4.69, 9.17) is 5.73 Å². The van der Waals surface area contributed by atoms with Crippen LogP contribution in [0.1, 0.15) is 27.0 Å². The number of hydrogen-bond acceptors (Lipinski definition) is 4. The Bertz CT molecular complexity index is 1250. The lowest BCUT2D eigenvalue weighted by Crippen LogP contribution is -2.13. The second-order valence-electron chi connectivity index (χ2n) is 7.22. The fourth-order valence-electron chi connectivity index (χ4n) is 3.40.